The van der Waals surface area contributed by atoms with Crippen molar-refractivity contribution in [3.05, 3.63) is 35.9 Å². The summed E-state index contributed by atoms with van der Waals surface area (Å²) in [5, 5.41) is 0. The minimum Gasteiger partial charge on any atom is -0.0839 e. The molecule has 2 aliphatic rings. The number of benzene rings is 1. The minimum atomic E-state index is 0.568. The summed E-state index contributed by atoms with van der Waals surface area (Å²) >= 11 is 3.87. The highest BCUT2D eigenvalue weighted by Crippen LogP contribution is 2.51. The fourth-order valence-electron chi connectivity index (χ4n) is 3.73. The summed E-state index contributed by atoms with van der Waals surface area (Å²) in [6, 6.07) is 10.9. The van der Waals surface area contributed by atoms with Crippen LogP contribution in [0.3, 0.4) is 0 Å². The van der Waals surface area contributed by atoms with Gasteiger partial charge in [0.15, 0.2) is 0 Å². The van der Waals surface area contributed by atoms with E-state index in [1.54, 1.807) is 0 Å². The molecule has 0 aliphatic heterocycles. The van der Waals surface area contributed by atoms with Gasteiger partial charge in [-0.2, -0.15) is 0 Å². The van der Waals surface area contributed by atoms with E-state index in [1.807, 2.05) is 0 Å². The lowest BCUT2D eigenvalue weighted by Crippen LogP contribution is -2.12. The van der Waals surface area contributed by atoms with Gasteiger partial charge in [0.1, 0.15) is 0 Å². The number of hydrogen-bond acceptors (Lipinski definition) is 0. The molecular weight excluding hydrogens is 260 g/mol. The van der Waals surface area contributed by atoms with E-state index in [1.165, 1.54) is 37.7 Å². The van der Waals surface area contributed by atoms with Gasteiger partial charge in [0.05, 0.1) is 0 Å². The maximum Gasteiger partial charge on any atom is 0.0398 e. The number of fused-ring (bicyclic) bond motifs is 2. The van der Waals surface area contributed by atoms with E-state index < -0.39 is 0 Å². The Hall–Kier alpha value is -0.300. The zero-order valence-electron chi connectivity index (χ0n) is 9.61. The van der Waals surface area contributed by atoms with E-state index >= 15 is 0 Å². The fraction of sp³-hybridized carbons (Fsp3) is 0.600. The molecule has 0 radical (unpaired) electrons. The minimum absolute atomic E-state index is 0.568. The van der Waals surface area contributed by atoms with Crippen molar-refractivity contribution in [3.8, 4) is 0 Å². The molecule has 1 aromatic rings. The monoisotopic (exact) mass is 278 g/mol. The molecule has 2 saturated carbocycles. The molecule has 0 aromatic heterocycles. The number of alkyl halides is 1. The molecule has 0 nitrogen and oxygen atoms in total. The third-order valence-corrected chi connectivity index (χ3v) is 5.46. The molecule has 2 bridgehead atoms. The Kier molecular flexibility index (Phi) is 3.06. The third kappa shape index (κ3) is 2.07. The summed E-state index contributed by atoms with van der Waals surface area (Å²) in [6.07, 6.45) is 7.38. The Morgan fingerprint density at radius 1 is 1.12 bits per heavy atom. The molecule has 2 aliphatic carbocycles. The van der Waals surface area contributed by atoms with Gasteiger partial charge in [-0.15, -0.1) is 0 Å². The first-order chi connectivity index (χ1) is 7.83. The van der Waals surface area contributed by atoms with Crippen LogP contribution < -0.4 is 0 Å². The van der Waals surface area contributed by atoms with Gasteiger partial charge in [-0.3, -0.25) is 0 Å². The molecule has 0 saturated heterocycles. The molecule has 16 heavy (non-hydrogen) atoms. The second-order valence-corrected chi connectivity index (χ2v) is 6.65. The van der Waals surface area contributed by atoms with Crippen molar-refractivity contribution in [2.45, 2.75) is 36.9 Å². The van der Waals surface area contributed by atoms with Crippen LogP contribution in [-0.4, -0.2) is 0 Å². The molecule has 86 valence electrons. The molecule has 2 fully saturated rings. The summed E-state index contributed by atoms with van der Waals surface area (Å²) in [5.41, 5.74) is 1.45. The number of halogens is 1. The second kappa shape index (κ2) is 4.52. The van der Waals surface area contributed by atoms with Crippen molar-refractivity contribution in [2.75, 3.05) is 0 Å². The summed E-state index contributed by atoms with van der Waals surface area (Å²) in [5.74, 6) is 3.11. The van der Waals surface area contributed by atoms with E-state index in [0.717, 1.165) is 17.8 Å². The highest BCUT2D eigenvalue weighted by molar-refractivity contribution is 9.09. The zero-order valence-corrected chi connectivity index (χ0v) is 11.2. The van der Waals surface area contributed by atoms with Gasteiger partial charge >= 0.3 is 0 Å². The smallest absolute Gasteiger partial charge is 0.0398 e. The van der Waals surface area contributed by atoms with Crippen molar-refractivity contribution < 1.29 is 0 Å². The first-order valence-corrected chi connectivity index (χ1v) is 7.43. The average Bonchev–Trinajstić information content (AvgIpc) is 2.92. The standard InChI is InChI=1S/C15H19Br/c16-15(12-4-2-1-3-5-12)10-14-9-11-6-7-13(14)8-11/h1-5,11,13-15H,6-10H2. The zero-order chi connectivity index (χ0) is 11.0. The van der Waals surface area contributed by atoms with Gasteiger partial charge in [0.25, 0.3) is 0 Å². The van der Waals surface area contributed by atoms with Gasteiger partial charge in [0.2, 0.25) is 0 Å². The van der Waals surface area contributed by atoms with E-state index in [9.17, 15) is 0 Å². The average molecular weight is 279 g/mol. The van der Waals surface area contributed by atoms with Crippen molar-refractivity contribution in [1.82, 2.24) is 0 Å². The van der Waals surface area contributed by atoms with E-state index in [-0.39, 0.29) is 0 Å². The highest BCUT2D eigenvalue weighted by atomic mass is 79.9. The van der Waals surface area contributed by atoms with Crippen molar-refractivity contribution >= 4 is 15.9 Å². The Morgan fingerprint density at radius 3 is 2.56 bits per heavy atom. The van der Waals surface area contributed by atoms with Crippen LogP contribution in [0.1, 0.15) is 42.5 Å². The van der Waals surface area contributed by atoms with E-state index in [2.05, 4.69) is 46.3 Å². The largest absolute Gasteiger partial charge is 0.0839 e. The molecule has 0 spiro atoms. The molecule has 0 N–H and O–H groups in total. The SMILES string of the molecule is BrC(CC1CC2CCC1C2)c1ccccc1. The molecule has 4 unspecified atom stereocenters. The van der Waals surface area contributed by atoms with Crippen LogP contribution in [0.4, 0.5) is 0 Å². The lowest BCUT2D eigenvalue weighted by molar-refractivity contribution is 0.314. The molecule has 0 amide bonds. The second-order valence-electron chi connectivity index (χ2n) is 5.55. The molecule has 1 heteroatoms. The van der Waals surface area contributed by atoms with Gasteiger partial charge in [-0.1, -0.05) is 52.7 Å². The molecule has 3 rings (SSSR count). The Morgan fingerprint density at radius 2 is 1.94 bits per heavy atom. The van der Waals surface area contributed by atoms with Crippen LogP contribution in [0.5, 0.6) is 0 Å². The lowest BCUT2D eigenvalue weighted by atomic mass is 9.84. The topological polar surface area (TPSA) is 0 Å². The molecule has 0 heterocycles. The molecule has 1 aromatic carbocycles. The van der Waals surface area contributed by atoms with Crippen molar-refractivity contribution in [3.63, 3.8) is 0 Å². The number of hydrogen-bond donors (Lipinski definition) is 0. The Bertz CT molecular complexity index is 346. The molecular formula is C15H19Br. The van der Waals surface area contributed by atoms with Crippen LogP contribution in [0.2, 0.25) is 0 Å². The van der Waals surface area contributed by atoms with Crippen molar-refractivity contribution in [1.29, 1.82) is 0 Å². The normalized spacial score (nSPS) is 34.2. The predicted molar refractivity (Wildman–Crippen MR) is 71.7 cm³/mol. The van der Waals surface area contributed by atoms with E-state index in [4.69, 9.17) is 0 Å². The summed E-state index contributed by atoms with van der Waals surface area (Å²) in [7, 11) is 0. The van der Waals surface area contributed by atoms with Crippen LogP contribution in [0, 0.1) is 17.8 Å². The van der Waals surface area contributed by atoms with Gasteiger partial charge in [-0.25, -0.2) is 0 Å². The van der Waals surface area contributed by atoms with Crippen LogP contribution >= 0.6 is 15.9 Å². The Labute approximate surface area is 107 Å². The third-order valence-electron chi connectivity index (χ3n) is 4.56. The molecule has 4 atom stereocenters. The summed E-state index contributed by atoms with van der Waals surface area (Å²) in [4.78, 5) is 0.568. The van der Waals surface area contributed by atoms with Crippen LogP contribution in [-0.2, 0) is 0 Å². The lowest BCUT2D eigenvalue weighted by Gasteiger charge is -2.24. The maximum atomic E-state index is 3.87. The van der Waals surface area contributed by atoms with Gasteiger partial charge < -0.3 is 0 Å². The van der Waals surface area contributed by atoms with Crippen LogP contribution in [0.15, 0.2) is 30.3 Å². The van der Waals surface area contributed by atoms with Crippen LogP contribution in [0.25, 0.3) is 0 Å². The van der Waals surface area contributed by atoms with Gasteiger partial charge in [-0.05, 0) is 49.0 Å². The summed E-state index contributed by atoms with van der Waals surface area (Å²) < 4.78 is 0. The summed E-state index contributed by atoms with van der Waals surface area (Å²) in [6.45, 7) is 0. The first-order valence-electron chi connectivity index (χ1n) is 6.52. The Balaban J connectivity index is 1.63. The number of rotatable bonds is 3. The highest BCUT2D eigenvalue weighted by Gasteiger charge is 2.39. The fourth-order valence-corrected chi connectivity index (χ4v) is 4.51. The van der Waals surface area contributed by atoms with Gasteiger partial charge in [0, 0.05) is 4.83 Å². The first kappa shape index (κ1) is 10.8. The maximum absolute atomic E-state index is 3.87. The van der Waals surface area contributed by atoms with E-state index in [0.29, 0.717) is 4.83 Å². The quantitative estimate of drug-likeness (QED) is 0.687. The predicted octanol–water partition coefficient (Wildman–Crippen LogP) is 4.95. The van der Waals surface area contributed by atoms with Crippen molar-refractivity contribution in [2.24, 2.45) is 17.8 Å².